The highest BCUT2D eigenvalue weighted by Crippen LogP contribution is 2.24. The fourth-order valence-corrected chi connectivity index (χ4v) is 1.94. The van der Waals surface area contributed by atoms with E-state index in [2.05, 4.69) is 4.98 Å². The number of esters is 1. The minimum atomic E-state index is -0.238. The predicted molar refractivity (Wildman–Crippen MR) is 71.6 cm³/mol. The number of nitrogens with zero attached hydrogens (tertiary/aromatic N) is 2. The number of benzene rings is 1. The quantitative estimate of drug-likeness (QED) is 0.773. The van der Waals surface area contributed by atoms with Crippen LogP contribution in [0.15, 0.2) is 36.5 Å². The Balaban J connectivity index is 2.41. The van der Waals surface area contributed by atoms with Gasteiger partial charge in [-0.2, -0.15) is 0 Å². The minimum absolute atomic E-state index is 0.238. The van der Waals surface area contributed by atoms with Crippen LogP contribution >= 0.6 is 0 Å². The zero-order chi connectivity index (χ0) is 13.0. The van der Waals surface area contributed by atoms with E-state index in [1.54, 1.807) is 6.20 Å². The van der Waals surface area contributed by atoms with Crippen LogP contribution in [0.1, 0.15) is 6.92 Å². The number of carbonyl (C=O) groups is 1. The Morgan fingerprint density at radius 2 is 2.11 bits per heavy atom. The molecular formula is C14H16N2O2. The summed E-state index contributed by atoms with van der Waals surface area (Å²) in [6, 6.07) is 9.83. The number of ether oxygens (including phenoxy) is 1. The van der Waals surface area contributed by atoms with Gasteiger partial charge in [-0.3, -0.25) is 9.78 Å². The zero-order valence-corrected chi connectivity index (χ0v) is 10.6. The summed E-state index contributed by atoms with van der Waals surface area (Å²) < 4.78 is 4.72. The average Bonchev–Trinajstić information content (AvgIpc) is 2.44. The standard InChI is InChI=1S/C14H16N2O2/c1-3-16(10-14(17)18-2)13-8-9-15-12-7-5-4-6-11(12)13/h4-9H,3,10H2,1-2H3. The number of methoxy groups -OCH3 is 1. The lowest BCUT2D eigenvalue weighted by Crippen LogP contribution is -2.30. The lowest BCUT2D eigenvalue weighted by molar-refractivity contribution is -0.138. The van der Waals surface area contributed by atoms with Crippen molar-refractivity contribution in [1.82, 2.24) is 4.98 Å². The van der Waals surface area contributed by atoms with E-state index in [9.17, 15) is 4.79 Å². The van der Waals surface area contributed by atoms with Gasteiger partial charge in [-0.1, -0.05) is 18.2 Å². The molecule has 0 aliphatic heterocycles. The van der Waals surface area contributed by atoms with E-state index in [1.165, 1.54) is 7.11 Å². The molecule has 2 rings (SSSR count). The Kier molecular flexibility index (Phi) is 3.77. The Labute approximate surface area is 106 Å². The van der Waals surface area contributed by atoms with Crippen LogP contribution in [0.5, 0.6) is 0 Å². The van der Waals surface area contributed by atoms with Crippen molar-refractivity contribution in [3.8, 4) is 0 Å². The average molecular weight is 244 g/mol. The van der Waals surface area contributed by atoms with E-state index in [0.29, 0.717) is 0 Å². The van der Waals surface area contributed by atoms with Gasteiger partial charge in [-0.25, -0.2) is 0 Å². The maximum atomic E-state index is 11.4. The molecule has 94 valence electrons. The number of anilines is 1. The lowest BCUT2D eigenvalue weighted by atomic mass is 10.1. The number of pyridine rings is 1. The topological polar surface area (TPSA) is 42.4 Å². The molecule has 0 spiro atoms. The Morgan fingerprint density at radius 3 is 2.83 bits per heavy atom. The van der Waals surface area contributed by atoms with E-state index in [0.717, 1.165) is 23.1 Å². The van der Waals surface area contributed by atoms with Crippen molar-refractivity contribution < 1.29 is 9.53 Å². The monoisotopic (exact) mass is 244 g/mol. The first kappa shape index (κ1) is 12.4. The van der Waals surface area contributed by atoms with Crippen LogP contribution in [0.2, 0.25) is 0 Å². The molecule has 0 saturated carbocycles. The first-order valence-corrected chi connectivity index (χ1v) is 5.91. The van der Waals surface area contributed by atoms with Crippen LogP contribution in [-0.4, -0.2) is 31.2 Å². The molecule has 0 unspecified atom stereocenters. The van der Waals surface area contributed by atoms with Crippen LogP contribution in [0.4, 0.5) is 5.69 Å². The highest BCUT2D eigenvalue weighted by molar-refractivity contribution is 5.92. The van der Waals surface area contributed by atoms with E-state index in [-0.39, 0.29) is 12.5 Å². The molecule has 0 N–H and O–H groups in total. The van der Waals surface area contributed by atoms with Crippen molar-refractivity contribution in [2.45, 2.75) is 6.92 Å². The fourth-order valence-electron chi connectivity index (χ4n) is 1.94. The highest BCUT2D eigenvalue weighted by atomic mass is 16.5. The SMILES string of the molecule is CCN(CC(=O)OC)c1ccnc2ccccc12. The van der Waals surface area contributed by atoms with Gasteiger partial charge in [0, 0.05) is 23.8 Å². The number of carbonyl (C=O) groups excluding carboxylic acids is 1. The van der Waals surface area contributed by atoms with Crippen LogP contribution in [-0.2, 0) is 9.53 Å². The zero-order valence-electron chi connectivity index (χ0n) is 10.6. The predicted octanol–water partition coefficient (Wildman–Crippen LogP) is 2.23. The van der Waals surface area contributed by atoms with Crippen molar-refractivity contribution in [1.29, 1.82) is 0 Å². The molecule has 18 heavy (non-hydrogen) atoms. The summed E-state index contributed by atoms with van der Waals surface area (Å²) in [6.07, 6.45) is 1.76. The molecule has 1 aromatic heterocycles. The second kappa shape index (κ2) is 5.49. The second-order valence-electron chi connectivity index (χ2n) is 3.94. The van der Waals surface area contributed by atoms with Crippen LogP contribution in [0.25, 0.3) is 10.9 Å². The van der Waals surface area contributed by atoms with Crippen molar-refractivity contribution in [2.24, 2.45) is 0 Å². The van der Waals surface area contributed by atoms with Gasteiger partial charge in [0.2, 0.25) is 0 Å². The van der Waals surface area contributed by atoms with Gasteiger partial charge < -0.3 is 9.64 Å². The molecule has 0 bridgehead atoms. The normalized spacial score (nSPS) is 10.3. The number of hydrogen-bond donors (Lipinski definition) is 0. The third-order valence-corrected chi connectivity index (χ3v) is 2.90. The molecule has 1 aromatic carbocycles. The lowest BCUT2D eigenvalue weighted by Gasteiger charge is -2.22. The summed E-state index contributed by atoms with van der Waals surface area (Å²) in [5.74, 6) is -0.238. The maximum Gasteiger partial charge on any atom is 0.325 e. The van der Waals surface area contributed by atoms with Crippen LogP contribution in [0, 0.1) is 0 Å². The molecule has 0 aliphatic rings. The van der Waals surface area contributed by atoms with E-state index in [4.69, 9.17) is 4.74 Å². The van der Waals surface area contributed by atoms with E-state index in [1.807, 2.05) is 42.2 Å². The van der Waals surface area contributed by atoms with Gasteiger partial charge in [0.05, 0.1) is 12.6 Å². The number of para-hydroxylation sites is 1. The Bertz CT molecular complexity index is 549. The molecule has 1 heterocycles. The summed E-state index contributed by atoms with van der Waals surface area (Å²) in [6.45, 7) is 3.00. The number of hydrogen-bond acceptors (Lipinski definition) is 4. The largest absolute Gasteiger partial charge is 0.468 e. The molecule has 0 fully saturated rings. The summed E-state index contributed by atoms with van der Waals surface area (Å²) in [7, 11) is 1.40. The van der Waals surface area contributed by atoms with Crippen molar-refractivity contribution in [3.05, 3.63) is 36.5 Å². The number of fused-ring (bicyclic) bond motifs is 1. The van der Waals surface area contributed by atoms with Gasteiger partial charge in [0.15, 0.2) is 0 Å². The molecule has 0 radical (unpaired) electrons. The van der Waals surface area contributed by atoms with Gasteiger partial charge >= 0.3 is 5.97 Å². The molecule has 0 atom stereocenters. The second-order valence-corrected chi connectivity index (χ2v) is 3.94. The molecule has 0 aliphatic carbocycles. The summed E-state index contributed by atoms with van der Waals surface area (Å²) in [5, 5.41) is 1.05. The number of likely N-dealkylation sites (N-methyl/N-ethyl adjacent to an activating group) is 1. The van der Waals surface area contributed by atoms with Crippen LogP contribution in [0.3, 0.4) is 0 Å². The first-order chi connectivity index (χ1) is 8.76. The molecule has 0 saturated heterocycles. The molecule has 0 amide bonds. The molecule has 2 aromatic rings. The van der Waals surface area contributed by atoms with Gasteiger partial charge in [0.25, 0.3) is 0 Å². The van der Waals surface area contributed by atoms with Crippen molar-refractivity contribution in [3.63, 3.8) is 0 Å². The first-order valence-electron chi connectivity index (χ1n) is 5.91. The van der Waals surface area contributed by atoms with Gasteiger partial charge in [0.1, 0.15) is 6.54 Å². The minimum Gasteiger partial charge on any atom is -0.468 e. The van der Waals surface area contributed by atoms with Crippen molar-refractivity contribution >= 4 is 22.6 Å². The van der Waals surface area contributed by atoms with Crippen LogP contribution < -0.4 is 4.90 Å². The molecule has 4 heteroatoms. The van der Waals surface area contributed by atoms with E-state index >= 15 is 0 Å². The van der Waals surface area contributed by atoms with E-state index < -0.39 is 0 Å². The third kappa shape index (κ3) is 2.42. The summed E-state index contributed by atoms with van der Waals surface area (Å²) in [5.41, 5.74) is 1.94. The number of aromatic nitrogens is 1. The Hall–Kier alpha value is -2.10. The fraction of sp³-hybridized carbons (Fsp3) is 0.286. The van der Waals surface area contributed by atoms with Gasteiger partial charge in [-0.05, 0) is 19.1 Å². The van der Waals surface area contributed by atoms with Crippen molar-refractivity contribution in [2.75, 3.05) is 25.1 Å². The third-order valence-electron chi connectivity index (χ3n) is 2.90. The van der Waals surface area contributed by atoms with Gasteiger partial charge in [-0.15, -0.1) is 0 Å². The Morgan fingerprint density at radius 1 is 1.33 bits per heavy atom. The summed E-state index contributed by atoms with van der Waals surface area (Å²) in [4.78, 5) is 17.7. The molecule has 4 nitrogen and oxygen atoms in total. The smallest absolute Gasteiger partial charge is 0.325 e. The maximum absolute atomic E-state index is 11.4. The highest BCUT2D eigenvalue weighted by Gasteiger charge is 2.12. The summed E-state index contributed by atoms with van der Waals surface area (Å²) >= 11 is 0. The number of rotatable bonds is 4. The molecular weight excluding hydrogens is 228 g/mol.